The molecule has 0 saturated heterocycles. The molecule has 0 aliphatic heterocycles. The molecule has 1 atom stereocenters. The zero-order chi connectivity index (χ0) is 13.0. The van der Waals surface area contributed by atoms with E-state index < -0.39 is 0 Å². The lowest BCUT2D eigenvalue weighted by Gasteiger charge is -2.18. The molecule has 0 aliphatic carbocycles. The van der Waals surface area contributed by atoms with Crippen LogP contribution >= 0.6 is 11.3 Å². The molecule has 96 valence electrons. The summed E-state index contributed by atoms with van der Waals surface area (Å²) in [5.74, 6) is 0.796. The molecule has 0 spiro atoms. The summed E-state index contributed by atoms with van der Waals surface area (Å²) in [5.41, 5.74) is 2.45. The van der Waals surface area contributed by atoms with Gasteiger partial charge in [-0.15, -0.1) is 11.3 Å². The van der Waals surface area contributed by atoms with Crippen molar-refractivity contribution in [2.24, 2.45) is 0 Å². The lowest BCUT2D eigenvalue weighted by atomic mass is 10.0. The van der Waals surface area contributed by atoms with E-state index in [1.807, 2.05) is 12.3 Å². The molecule has 0 saturated carbocycles. The van der Waals surface area contributed by atoms with Crippen molar-refractivity contribution < 1.29 is 4.74 Å². The number of hydrogen-bond donors (Lipinski definition) is 1. The van der Waals surface area contributed by atoms with Gasteiger partial charge in [0.25, 0.3) is 0 Å². The van der Waals surface area contributed by atoms with Gasteiger partial charge in [-0.25, -0.2) is 0 Å². The minimum atomic E-state index is 0.192. The van der Waals surface area contributed by atoms with Gasteiger partial charge in [0.2, 0.25) is 0 Å². The van der Waals surface area contributed by atoms with E-state index in [1.54, 1.807) is 24.6 Å². The number of nitrogens with one attached hydrogen (secondary N) is 1. The number of nitrogens with zero attached hydrogens (tertiary/aromatic N) is 1. The van der Waals surface area contributed by atoms with Gasteiger partial charge in [-0.3, -0.25) is 4.98 Å². The van der Waals surface area contributed by atoms with E-state index in [4.69, 9.17) is 4.74 Å². The van der Waals surface area contributed by atoms with E-state index in [-0.39, 0.29) is 6.04 Å². The van der Waals surface area contributed by atoms with Crippen molar-refractivity contribution in [2.75, 3.05) is 13.7 Å². The molecule has 4 heteroatoms. The Morgan fingerprint density at radius 3 is 2.89 bits per heavy atom. The first kappa shape index (κ1) is 13.1. The van der Waals surface area contributed by atoms with Crippen LogP contribution in [0, 0.1) is 6.92 Å². The Kier molecular flexibility index (Phi) is 4.33. The summed E-state index contributed by atoms with van der Waals surface area (Å²) in [5, 5.41) is 5.64. The molecule has 0 fully saturated rings. The van der Waals surface area contributed by atoms with Crippen LogP contribution < -0.4 is 10.1 Å². The molecular weight excluding hydrogens is 244 g/mol. The van der Waals surface area contributed by atoms with Crippen molar-refractivity contribution in [1.82, 2.24) is 10.3 Å². The first-order chi connectivity index (χ1) is 8.76. The number of ether oxygens (including phenoxy) is 1. The highest BCUT2D eigenvalue weighted by atomic mass is 32.1. The first-order valence-electron chi connectivity index (χ1n) is 6.02. The van der Waals surface area contributed by atoms with Crippen molar-refractivity contribution in [3.05, 3.63) is 45.9 Å². The Morgan fingerprint density at radius 2 is 2.28 bits per heavy atom. The molecule has 3 nitrogen and oxygen atoms in total. The molecule has 1 N–H and O–H groups in total. The second-order valence-electron chi connectivity index (χ2n) is 4.12. The summed E-state index contributed by atoms with van der Waals surface area (Å²) in [6.45, 7) is 5.17. The monoisotopic (exact) mass is 262 g/mol. The van der Waals surface area contributed by atoms with Crippen molar-refractivity contribution in [1.29, 1.82) is 0 Å². The third-order valence-corrected chi connectivity index (χ3v) is 3.96. The molecular formula is C14H18N2OS. The van der Waals surface area contributed by atoms with Crippen LogP contribution in [0.25, 0.3) is 0 Å². The third kappa shape index (κ3) is 2.71. The zero-order valence-corrected chi connectivity index (χ0v) is 11.8. The van der Waals surface area contributed by atoms with Gasteiger partial charge in [-0.2, -0.15) is 0 Å². The summed E-state index contributed by atoms with van der Waals surface area (Å²) in [6, 6.07) is 4.38. The van der Waals surface area contributed by atoms with Crippen LogP contribution in [0.5, 0.6) is 5.75 Å². The summed E-state index contributed by atoms with van der Waals surface area (Å²) in [4.78, 5) is 5.58. The maximum absolute atomic E-state index is 5.24. The number of pyridine rings is 1. The van der Waals surface area contributed by atoms with Crippen LogP contribution in [0.2, 0.25) is 0 Å². The van der Waals surface area contributed by atoms with Gasteiger partial charge in [0, 0.05) is 11.1 Å². The van der Waals surface area contributed by atoms with E-state index in [1.165, 1.54) is 10.4 Å². The van der Waals surface area contributed by atoms with Crippen LogP contribution in [0.1, 0.15) is 29.0 Å². The molecule has 0 amide bonds. The molecule has 0 bridgehead atoms. The van der Waals surface area contributed by atoms with E-state index >= 15 is 0 Å². The largest absolute Gasteiger partial charge is 0.495 e. The molecule has 0 radical (unpaired) electrons. The molecule has 0 aromatic carbocycles. The summed E-state index contributed by atoms with van der Waals surface area (Å²) < 4.78 is 5.24. The lowest BCUT2D eigenvalue weighted by Crippen LogP contribution is -2.21. The first-order valence-corrected chi connectivity index (χ1v) is 6.90. The van der Waals surface area contributed by atoms with Crippen LogP contribution in [0.15, 0.2) is 29.9 Å². The quantitative estimate of drug-likeness (QED) is 0.898. The normalized spacial score (nSPS) is 12.4. The summed E-state index contributed by atoms with van der Waals surface area (Å²) >= 11 is 1.77. The number of hydrogen-bond acceptors (Lipinski definition) is 4. The van der Waals surface area contributed by atoms with Crippen LogP contribution in [0.4, 0.5) is 0 Å². The summed E-state index contributed by atoms with van der Waals surface area (Å²) in [6.07, 6.45) is 3.63. The van der Waals surface area contributed by atoms with Gasteiger partial charge >= 0.3 is 0 Å². The maximum Gasteiger partial charge on any atom is 0.137 e. The van der Waals surface area contributed by atoms with Crippen molar-refractivity contribution in [3.8, 4) is 5.75 Å². The third-order valence-electron chi connectivity index (χ3n) is 2.88. The molecule has 18 heavy (non-hydrogen) atoms. The minimum absolute atomic E-state index is 0.192. The van der Waals surface area contributed by atoms with Gasteiger partial charge in [0.1, 0.15) is 5.75 Å². The van der Waals surface area contributed by atoms with E-state index in [9.17, 15) is 0 Å². The molecule has 1 unspecified atom stereocenters. The highest BCUT2D eigenvalue weighted by molar-refractivity contribution is 7.10. The van der Waals surface area contributed by atoms with Crippen LogP contribution in [-0.2, 0) is 0 Å². The van der Waals surface area contributed by atoms with Gasteiger partial charge in [-0.05, 0) is 42.1 Å². The molecule has 2 rings (SSSR count). The van der Waals surface area contributed by atoms with E-state index in [0.717, 1.165) is 17.9 Å². The molecule has 2 aromatic heterocycles. The fraction of sp³-hybridized carbons (Fsp3) is 0.357. The Labute approximate surface area is 112 Å². The number of aromatic nitrogens is 1. The highest BCUT2D eigenvalue weighted by Gasteiger charge is 2.17. The van der Waals surface area contributed by atoms with Gasteiger partial charge in [0.15, 0.2) is 0 Å². The highest BCUT2D eigenvalue weighted by Crippen LogP contribution is 2.30. The van der Waals surface area contributed by atoms with Gasteiger partial charge < -0.3 is 10.1 Å². The SMILES string of the molecule is CCNC(c1cncc(OC)c1)c1sccc1C. The Morgan fingerprint density at radius 1 is 1.44 bits per heavy atom. The van der Waals surface area contributed by atoms with Crippen molar-refractivity contribution in [3.63, 3.8) is 0 Å². The Hall–Kier alpha value is -1.39. The standard InChI is InChI=1S/C14H18N2OS/c1-4-16-13(14-10(2)5-6-18-14)11-7-12(17-3)9-15-8-11/h5-9,13,16H,4H2,1-3H3. The fourth-order valence-electron chi connectivity index (χ4n) is 1.95. The topological polar surface area (TPSA) is 34.2 Å². The maximum atomic E-state index is 5.24. The van der Waals surface area contributed by atoms with Crippen molar-refractivity contribution in [2.45, 2.75) is 19.9 Å². The fourth-order valence-corrected chi connectivity index (χ4v) is 2.98. The number of aryl methyl sites for hydroxylation is 1. The van der Waals surface area contributed by atoms with Crippen LogP contribution in [0.3, 0.4) is 0 Å². The summed E-state index contributed by atoms with van der Waals surface area (Å²) in [7, 11) is 1.67. The smallest absolute Gasteiger partial charge is 0.137 e. The Balaban J connectivity index is 2.38. The predicted molar refractivity (Wildman–Crippen MR) is 75.4 cm³/mol. The van der Waals surface area contributed by atoms with Crippen LogP contribution in [-0.4, -0.2) is 18.6 Å². The average molecular weight is 262 g/mol. The minimum Gasteiger partial charge on any atom is -0.495 e. The van der Waals surface area contributed by atoms with Gasteiger partial charge in [-0.1, -0.05) is 6.92 Å². The number of thiophene rings is 1. The molecule has 2 heterocycles. The van der Waals surface area contributed by atoms with E-state index in [0.29, 0.717) is 0 Å². The van der Waals surface area contributed by atoms with Gasteiger partial charge in [0.05, 0.1) is 19.3 Å². The van der Waals surface area contributed by atoms with Crippen molar-refractivity contribution >= 4 is 11.3 Å². The second-order valence-corrected chi connectivity index (χ2v) is 5.06. The molecule has 2 aromatic rings. The lowest BCUT2D eigenvalue weighted by molar-refractivity contribution is 0.411. The number of methoxy groups -OCH3 is 1. The van der Waals surface area contributed by atoms with E-state index in [2.05, 4.69) is 35.6 Å². The second kappa shape index (κ2) is 5.98. The average Bonchev–Trinajstić information content (AvgIpc) is 2.82. The number of rotatable bonds is 5. The Bertz CT molecular complexity index is 510. The zero-order valence-electron chi connectivity index (χ0n) is 10.9. The molecule has 0 aliphatic rings. The predicted octanol–water partition coefficient (Wildman–Crippen LogP) is 3.16.